The van der Waals surface area contributed by atoms with E-state index in [1.165, 1.54) is 37.4 Å². The van der Waals surface area contributed by atoms with Crippen LogP contribution in [0.2, 0.25) is 0 Å². The summed E-state index contributed by atoms with van der Waals surface area (Å²) in [5, 5.41) is 9.65. The second-order valence-corrected chi connectivity index (χ2v) is 10.8. The van der Waals surface area contributed by atoms with Crippen molar-refractivity contribution >= 4 is 46.1 Å². The number of aromatic nitrogens is 1. The molecule has 34 heavy (non-hydrogen) atoms. The summed E-state index contributed by atoms with van der Waals surface area (Å²) in [5.41, 5.74) is 1.18. The molecule has 0 aromatic carbocycles. The minimum atomic E-state index is -0.304. The molecule has 0 unspecified atom stereocenters. The van der Waals surface area contributed by atoms with Crippen LogP contribution in [0.1, 0.15) is 62.1 Å². The Labute approximate surface area is 212 Å². The predicted octanol–water partition coefficient (Wildman–Crippen LogP) is 3.88. The minimum Gasteiger partial charge on any atom is -0.355 e. The van der Waals surface area contributed by atoms with E-state index in [9.17, 15) is 14.9 Å². The lowest BCUT2D eigenvalue weighted by Crippen LogP contribution is -2.46. The number of likely N-dealkylation sites (N-methyl/N-ethyl adjacent to an activating group) is 1. The number of carbonyl (C=O) groups is 1. The maximum atomic E-state index is 13.2. The van der Waals surface area contributed by atoms with Crippen LogP contribution in [-0.4, -0.2) is 64.4 Å². The molecular formula is C25H35N5O2S2. The highest BCUT2D eigenvalue weighted by molar-refractivity contribution is 8.26. The van der Waals surface area contributed by atoms with Gasteiger partial charge in [0.25, 0.3) is 11.5 Å². The third kappa shape index (κ3) is 5.73. The molecule has 1 amide bonds. The first-order chi connectivity index (χ1) is 16.3. The highest BCUT2D eigenvalue weighted by Crippen LogP contribution is 2.36. The van der Waals surface area contributed by atoms with Crippen LogP contribution < -0.4 is 10.5 Å². The van der Waals surface area contributed by atoms with Gasteiger partial charge in [-0.25, -0.2) is 0 Å². The highest BCUT2D eigenvalue weighted by atomic mass is 32.2. The zero-order chi connectivity index (χ0) is 24.8. The van der Waals surface area contributed by atoms with E-state index in [1.807, 2.05) is 6.08 Å². The number of hydrogen-bond donors (Lipinski definition) is 0. The Hall–Kier alpha value is -2.15. The van der Waals surface area contributed by atoms with Gasteiger partial charge in [-0.3, -0.25) is 19.1 Å². The van der Waals surface area contributed by atoms with E-state index in [2.05, 4.69) is 29.8 Å². The molecule has 2 saturated heterocycles. The normalized spacial score (nSPS) is 18.3. The van der Waals surface area contributed by atoms with Crippen molar-refractivity contribution in [3.8, 4) is 6.07 Å². The highest BCUT2D eigenvalue weighted by Gasteiger charge is 2.33. The summed E-state index contributed by atoms with van der Waals surface area (Å²) in [6.45, 7) is 7.94. The fraction of sp³-hybridized carbons (Fsp3) is 0.600. The maximum Gasteiger partial charge on any atom is 0.270 e. The zero-order valence-electron chi connectivity index (χ0n) is 20.7. The molecule has 0 atom stereocenters. The van der Waals surface area contributed by atoms with E-state index >= 15 is 0 Å². The molecule has 0 radical (unpaired) electrons. The molecule has 0 saturated carbocycles. The smallest absolute Gasteiger partial charge is 0.270 e. The van der Waals surface area contributed by atoms with Crippen LogP contribution >= 0.6 is 24.0 Å². The minimum absolute atomic E-state index is 0.0837. The molecular weight excluding hydrogens is 466 g/mol. The summed E-state index contributed by atoms with van der Waals surface area (Å²) >= 11 is 6.84. The number of thioether (sulfide) groups is 1. The van der Waals surface area contributed by atoms with Gasteiger partial charge in [0.05, 0.1) is 4.91 Å². The standard InChI is InChI=1S/C25H35N5O2S2/c1-5-6-7-8-9-10-11-30-24(32)21(34-25(30)33)16-19-18(2)20(17-26)23(31)28(4)22(19)29-14-12-27(3)13-15-29/h16H,5-15H2,1-4H3/b21-16-. The molecule has 2 aliphatic heterocycles. The van der Waals surface area contributed by atoms with Crippen molar-refractivity contribution in [3.63, 3.8) is 0 Å². The molecule has 0 N–H and O–H groups in total. The van der Waals surface area contributed by atoms with Crippen molar-refractivity contribution in [2.75, 3.05) is 44.7 Å². The van der Waals surface area contributed by atoms with E-state index in [4.69, 9.17) is 12.2 Å². The molecule has 7 nitrogen and oxygen atoms in total. The van der Waals surface area contributed by atoms with Crippen molar-refractivity contribution in [1.29, 1.82) is 5.26 Å². The van der Waals surface area contributed by atoms with Crippen LogP contribution in [0.3, 0.4) is 0 Å². The average Bonchev–Trinajstić information content (AvgIpc) is 3.08. The Morgan fingerprint density at radius 3 is 2.35 bits per heavy atom. The van der Waals surface area contributed by atoms with Crippen LogP contribution in [0.5, 0.6) is 0 Å². The quantitative estimate of drug-likeness (QED) is 0.289. The van der Waals surface area contributed by atoms with Gasteiger partial charge >= 0.3 is 0 Å². The molecule has 9 heteroatoms. The van der Waals surface area contributed by atoms with Gasteiger partial charge < -0.3 is 9.80 Å². The van der Waals surface area contributed by atoms with E-state index in [1.54, 1.807) is 23.4 Å². The van der Waals surface area contributed by atoms with Gasteiger partial charge in [0, 0.05) is 45.3 Å². The fourth-order valence-electron chi connectivity index (χ4n) is 4.49. The van der Waals surface area contributed by atoms with E-state index in [0.717, 1.165) is 50.4 Å². The predicted molar refractivity (Wildman–Crippen MR) is 144 cm³/mol. The number of nitrogens with zero attached hydrogens (tertiary/aromatic N) is 5. The SMILES string of the molecule is CCCCCCCCN1C(=O)/C(=C/c2c(C)c(C#N)c(=O)n(C)c2N2CCN(C)CC2)SC1=S. The Bertz CT molecular complexity index is 1060. The van der Waals surface area contributed by atoms with Crippen LogP contribution in [0.4, 0.5) is 5.82 Å². The molecule has 184 valence electrons. The Morgan fingerprint density at radius 2 is 1.71 bits per heavy atom. The summed E-state index contributed by atoms with van der Waals surface area (Å²) in [6.07, 6.45) is 8.75. The van der Waals surface area contributed by atoms with Gasteiger partial charge in [-0.15, -0.1) is 0 Å². The molecule has 0 spiro atoms. The number of carbonyl (C=O) groups excluding carboxylic acids is 1. The number of piperazine rings is 1. The van der Waals surface area contributed by atoms with Crippen molar-refractivity contribution in [2.24, 2.45) is 7.05 Å². The van der Waals surface area contributed by atoms with Gasteiger partial charge in [-0.1, -0.05) is 63.0 Å². The first-order valence-electron chi connectivity index (χ1n) is 12.1. The molecule has 1 aromatic rings. The number of pyridine rings is 1. The number of nitriles is 1. The number of thiocarbonyl (C=S) groups is 1. The molecule has 2 aliphatic rings. The van der Waals surface area contributed by atoms with Gasteiger partial charge in [-0.2, -0.15) is 5.26 Å². The average molecular weight is 502 g/mol. The van der Waals surface area contributed by atoms with E-state index in [0.29, 0.717) is 21.3 Å². The van der Waals surface area contributed by atoms with Gasteiger partial charge in [-0.05, 0) is 32.0 Å². The lowest BCUT2D eigenvalue weighted by Gasteiger charge is -2.36. The van der Waals surface area contributed by atoms with Crippen LogP contribution in [0.15, 0.2) is 9.70 Å². The largest absolute Gasteiger partial charge is 0.355 e. The van der Waals surface area contributed by atoms with Gasteiger partial charge in [0.2, 0.25) is 0 Å². The lowest BCUT2D eigenvalue weighted by molar-refractivity contribution is -0.122. The third-order valence-corrected chi connectivity index (χ3v) is 8.03. The second kappa shape index (κ2) is 12.0. The molecule has 3 rings (SSSR count). The van der Waals surface area contributed by atoms with E-state index < -0.39 is 0 Å². The lowest BCUT2D eigenvalue weighted by atomic mass is 10.0. The van der Waals surface area contributed by atoms with Crippen molar-refractivity contribution in [2.45, 2.75) is 52.4 Å². The van der Waals surface area contributed by atoms with Crippen molar-refractivity contribution in [1.82, 2.24) is 14.4 Å². The van der Waals surface area contributed by atoms with Crippen LogP contribution in [0, 0.1) is 18.3 Å². The molecule has 0 aliphatic carbocycles. The summed E-state index contributed by atoms with van der Waals surface area (Å²) in [4.78, 5) is 32.8. The second-order valence-electron chi connectivity index (χ2n) is 9.10. The first-order valence-corrected chi connectivity index (χ1v) is 13.3. The topological polar surface area (TPSA) is 72.6 Å². The number of unbranched alkanes of at least 4 members (excludes halogenated alkanes) is 5. The number of rotatable bonds is 9. The third-order valence-electron chi connectivity index (χ3n) is 6.66. The zero-order valence-corrected chi connectivity index (χ0v) is 22.4. The Morgan fingerprint density at radius 1 is 1.06 bits per heavy atom. The van der Waals surface area contributed by atoms with Crippen LogP contribution in [-0.2, 0) is 11.8 Å². The van der Waals surface area contributed by atoms with Gasteiger partial charge in [0.1, 0.15) is 21.8 Å². The Balaban J connectivity index is 1.90. The molecule has 1 aromatic heterocycles. The Kier molecular flexibility index (Phi) is 9.34. The summed E-state index contributed by atoms with van der Waals surface area (Å²) < 4.78 is 2.13. The summed E-state index contributed by atoms with van der Waals surface area (Å²) in [7, 11) is 3.79. The van der Waals surface area contributed by atoms with Crippen LogP contribution in [0.25, 0.3) is 6.08 Å². The number of anilines is 1. The summed E-state index contributed by atoms with van der Waals surface area (Å²) in [5.74, 6) is 0.676. The van der Waals surface area contributed by atoms with Crippen molar-refractivity contribution < 1.29 is 4.79 Å². The first kappa shape index (κ1) is 26.5. The molecule has 3 heterocycles. The van der Waals surface area contributed by atoms with Crippen molar-refractivity contribution in [3.05, 3.63) is 31.9 Å². The summed E-state index contributed by atoms with van der Waals surface area (Å²) in [6, 6.07) is 2.07. The van der Waals surface area contributed by atoms with E-state index in [-0.39, 0.29) is 17.0 Å². The monoisotopic (exact) mass is 501 g/mol. The number of amides is 1. The molecule has 0 bridgehead atoms. The number of hydrogen-bond acceptors (Lipinski definition) is 7. The fourth-order valence-corrected chi connectivity index (χ4v) is 5.78. The molecule has 2 fully saturated rings. The maximum absolute atomic E-state index is 13.2. The van der Waals surface area contributed by atoms with Gasteiger partial charge in [0.15, 0.2) is 0 Å².